The molecule has 0 bridgehead atoms. The molecule has 0 fully saturated rings. The fraction of sp³-hybridized carbons (Fsp3) is 0.800. The molecule has 11 heavy (non-hydrogen) atoms. The second kappa shape index (κ2) is 8.58. The van der Waals surface area contributed by atoms with Gasteiger partial charge in [-0.15, -0.1) is 0 Å². The summed E-state index contributed by atoms with van der Waals surface area (Å²) in [7, 11) is 7.49. The average Bonchev–Trinajstić information content (AvgIpc) is 1.91. The van der Waals surface area contributed by atoms with Gasteiger partial charge in [0.2, 0.25) is 4.91 Å². The van der Waals surface area contributed by atoms with E-state index in [4.69, 9.17) is 11.1 Å². The van der Waals surface area contributed by atoms with Crippen molar-refractivity contribution < 1.29 is 0 Å². The third kappa shape index (κ3) is 8.58. The van der Waals surface area contributed by atoms with E-state index >= 15 is 0 Å². The lowest BCUT2D eigenvalue weighted by molar-refractivity contribution is 0.596. The van der Waals surface area contributed by atoms with E-state index < -0.39 is 0 Å². The van der Waals surface area contributed by atoms with Gasteiger partial charge in [-0.3, -0.25) is 4.99 Å². The Morgan fingerprint density at radius 2 is 1.82 bits per heavy atom. The number of nitrogens with one attached hydrogen (secondary N) is 3. The Balaban J connectivity index is 0. The van der Waals surface area contributed by atoms with Crippen LogP contribution in [0.1, 0.15) is 0 Å². The van der Waals surface area contributed by atoms with Crippen LogP contribution in [-0.4, -0.2) is 39.1 Å². The Kier molecular flexibility index (Phi) is 9.57. The highest BCUT2D eigenvalue weighted by molar-refractivity contribution is 5.78. The third-order valence-corrected chi connectivity index (χ3v) is 0.859. The van der Waals surface area contributed by atoms with Gasteiger partial charge in [-0.05, 0) is 0 Å². The number of hydrogen-bond donors (Lipinski definition) is 3. The van der Waals surface area contributed by atoms with Crippen molar-refractivity contribution in [3.63, 3.8) is 0 Å². The standard InChI is InChI=1S/C5H13N3.H2N3/c1-6-5(7-2)8(3)4;1-3-2/h1-4H3,(H,6,7);1-2H/q;+1. The zero-order valence-electron chi connectivity index (χ0n) is 7.34. The number of nitrogens with zero attached hydrogens (tertiary/aromatic N) is 3. The summed E-state index contributed by atoms with van der Waals surface area (Å²) in [5.74, 6) is 0.894. The van der Waals surface area contributed by atoms with Crippen LogP contribution in [0.5, 0.6) is 0 Å². The molecule has 0 aromatic carbocycles. The summed E-state index contributed by atoms with van der Waals surface area (Å²) in [5, 5.41) is 2.93. The molecule has 6 nitrogen and oxygen atoms in total. The summed E-state index contributed by atoms with van der Waals surface area (Å²) in [6.07, 6.45) is 0. The molecule has 0 heterocycles. The lowest BCUT2D eigenvalue weighted by atomic mass is 10.8. The molecular formula is C5H15N6+. The molecule has 64 valence electrons. The first kappa shape index (κ1) is 12.3. The Bertz CT molecular complexity index is 143. The van der Waals surface area contributed by atoms with Crippen LogP contribution in [0.4, 0.5) is 0 Å². The van der Waals surface area contributed by atoms with Gasteiger partial charge in [0.05, 0.1) is 0 Å². The molecule has 0 amide bonds. The topological polar surface area (TPSA) is 89.4 Å². The van der Waals surface area contributed by atoms with Gasteiger partial charge in [-0.25, -0.2) is 0 Å². The van der Waals surface area contributed by atoms with Crippen molar-refractivity contribution in [1.82, 2.24) is 15.1 Å². The van der Waals surface area contributed by atoms with Gasteiger partial charge in [0.1, 0.15) is 11.1 Å². The van der Waals surface area contributed by atoms with Crippen LogP contribution in [0.15, 0.2) is 4.99 Å². The summed E-state index contributed by atoms with van der Waals surface area (Å²) in [5.41, 5.74) is 11.0. The maximum absolute atomic E-state index is 5.50. The van der Waals surface area contributed by atoms with E-state index in [1.54, 1.807) is 7.05 Å². The molecule has 0 saturated carbocycles. The van der Waals surface area contributed by atoms with Crippen LogP contribution >= 0.6 is 0 Å². The second-order valence-electron chi connectivity index (χ2n) is 1.80. The van der Waals surface area contributed by atoms with E-state index in [1.165, 1.54) is 0 Å². The highest BCUT2D eigenvalue weighted by atomic mass is 15.2. The first-order chi connectivity index (χ1) is 5.13. The maximum atomic E-state index is 5.50. The molecule has 0 spiro atoms. The van der Waals surface area contributed by atoms with Gasteiger partial charge >= 0.3 is 0 Å². The minimum Gasteiger partial charge on any atom is -0.359 e. The van der Waals surface area contributed by atoms with E-state index in [2.05, 4.69) is 10.3 Å². The Labute approximate surface area is 66.3 Å². The minimum absolute atomic E-state index is 0.894. The van der Waals surface area contributed by atoms with E-state index in [0.717, 1.165) is 5.96 Å². The van der Waals surface area contributed by atoms with Crippen molar-refractivity contribution in [2.24, 2.45) is 4.99 Å². The van der Waals surface area contributed by atoms with Crippen LogP contribution < -0.4 is 10.2 Å². The smallest absolute Gasteiger partial charge is 0.211 e. The van der Waals surface area contributed by atoms with Crippen LogP contribution in [0.25, 0.3) is 0 Å². The van der Waals surface area contributed by atoms with Crippen molar-refractivity contribution in [2.75, 3.05) is 28.2 Å². The summed E-state index contributed by atoms with van der Waals surface area (Å²) in [4.78, 5) is 7.85. The fourth-order valence-corrected chi connectivity index (χ4v) is 0.535. The van der Waals surface area contributed by atoms with Gasteiger partial charge in [-0.1, -0.05) is 0 Å². The maximum Gasteiger partial charge on any atom is 0.211 e. The first-order valence-electron chi connectivity index (χ1n) is 2.99. The van der Waals surface area contributed by atoms with Crippen molar-refractivity contribution in [3.05, 3.63) is 0 Å². The van der Waals surface area contributed by atoms with Crippen molar-refractivity contribution in [1.29, 1.82) is 11.1 Å². The molecule has 0 unspecified atom stereocenters. The number of hydrogen-bond acceptors (Lipinski definition) is 3. The Morgan fingerprint density at radius 1 is 1.45 bits per heavy atom. The predicted octanol–water partition coefficient (Wildman–Crippen LogP) is -0.131. The number of aliphatic imine (C=N–C) groups is 1. The average molecular weight is 159 g/mol. The highest BCUT2D eigenvalue weighted by Crippen LogP contribution is 1.73. The van der Waals surface area contributed by atoms with Gasteiger partial charge in [-0.2, -0.15) is 0 Å². The third-order valence-electron chi connectivity index (χ3n) is 0.859. The molecule has 0 aliphatic heterocycles. The molecule has 0 atom stereocenters. The van der Waals surface area contributed by atoms with Gasteiger partial charge in [0, 0.05) is 28.2 Å². The predicted molar refractivity (Wildman–Crippen MR) is 43.7 cm³/mol. The largest absolute Gasteiger partial charge is 0.359 e. The first-order valence-corrected chi connectivity index (χ1v) is 2.99. The molecule has 6 heteroatoms. The van der Waals surface area contributed by atoms with Crippen molar-refractivity contribution in [2.45, 2.75) is 0 Å². The normalized spacial score (nSPS) is 8.91. The van der Waals surface area contributed by atoms with Gasteiger partial charge < -0.3 is 10.2 Å². The van der Waals surface area contributed by atoms with Crippen LogP contribution in [-0.2, 0) is 0 Å². The van der Waals surface area contributed by atoms with Crippen LogP contribution in [0, 0.1) is 11.1 Å². The molecular weight excluding hydrogens is 144 g/mol. The Morgan fingerprint density at radius 3 is 1.82 bits per heavy atom. The van der Waals surface area contributed by atoms with E-state index in [9.17, 15) is 0 Å². The molecule has 0 aromatic heterocycles. The van der Waals surface area contributed by atoms with Gasteiger partial charge in [0.15, 0.2) is 5.96 Å². The lowest BCUT2D eigenvalue weighted by Crippen LogP contribution is -2.33. The Hall–Kier alpha value is -1.42. The zero-order chi connectivity index (χ0) is 9.28. The van der Waals surface area contributed by atoms with Crippen molar-refractivity contribution in [3.8, 4) is 0 Å². The fourth-order valence-electron chi connectivity index (χ4n) is 0.535. The SMILES string of the molecule is CN=C(NC)N(C)C.N=[N+]=N. The van der Waals surface area contributed by atoms with Crippen LogP contribution in [0.2, 0.25) is 0 Å². The van der Waals surface area contributed by atoms with Crippen LogP contribution in [0.3, 0.4) is 0 Å². The molecule has 0 aromatic rings. The number of guanidine groups is 1. The monoisotopic (exact) mass is 159 g/mol. The molecule has 0 aliphatic rings. The van der Waals surface area contributed by atoms with E-state index in [1.807, 2.05) is 31.0 Å². The highest BCUT2D eigenvalue weighted by Gasteiger charge is 1.91. The summed E-state index contributed by atoms with van der Waals surface area (Å²) < 4.78 is 0. The molecule has 0 aliphatic carbocycles. The zero-order valence-corrected chi connectivity index (χ0v) is 7.34. The molecule has 3 N–H and O–H groups in total. The molecule has 0 saturated heterocycles. The van der Waals surface area contributed by atoms with Crippen molar-refractivity contribution >= 4 is 5.96 Å². The van der Waals surface area contributed by atoms with Gasteiger partial charge in [0.25, 0.3) is 0 Å². The summed E-state index contributed by atoms with van der Waals surface area (Å²) >= 11 is 0. The number of rotatable bonds is 0. The quantitative estimate of drug-likeness (QED) is 0.199. The summed E-state index contributed by atoms with van der Waals surface area (Å²) in [6.45, 7) is 0. The van der Waals surface area contributed by atoms with E-state index in [-0.39, 0.29) is 0 Å². The molecule has 0 rings (SSSR count). The minimum atomic E-state index is 0.894. The summed E-state index contributed by atoms with van der Waals surface area (Å²) in [6, 6.07) is 0. The second-order valence-corrected chi connectivity index (χ2v) is 1.80. The lowest BCUT2D eigenvalue weighted by Gasteiger charge is -2.12. The molecule has 0 radical (unpaired) electrons. The van der Waals surface area contributed by atoms with E-state index in [0.29, 0.717) is 0 Å².